The van der Waals surface area contributed by atoms with E-state index in [-0.39, 0.29) is 0 Å². The summed E-state index contributed by atoms with van der Waals surface area (Å²) in [5, 5.41) is 0. The van der Waals surface area contributed by atoms with Crippen LogP contribution in [0.15, 0.2) is 54.6 Å². The second-order valence-corrected chi connectivity index (χ2v) is 6.97. The van der Waals surface area contributed by atoms with E-state index >= 15 is 0 Å². The van der Waals surface area contributed by atoms with Crippen LogP contribution in [0.1, 0.15) is 36.4 Å². The lowest BCUT2D eigenvalue weighted by atomic mass is 9.93. The Bertz CT molecular complexity index is 599. The molecule has 2 aromatic carbocycles. The Hall–Kier alpha value is -1.80. The molecule has 1 heterocycles. The number of likely N-dealkylation sites (N-methyl/N-ethyl adjacent to an activating group) is 1. The van der Waals surface area contributed by atoms with Crippen LogP contribution in [-0.4, -0.2) is 31.7 Å². The number of nitrogens with zero attached hydrogens (tertiary/aromatic N) is 1. The summed E-state index contributed by atoms with van der Waals surface area (Å²) in [6.07, 6.45) is 5.17. The highest BCUT2D eigenvalue weighted by Gasteiger charge is 2.35. The lowest BCUT2D eigenvalue weighted by Crippen LogP contribution is -2.51. The second kappa shape index (κ2) is 7.18. The van der Waals surface area contributed by atoms with E-state index in [1.54, 1.807) is 7.11 Å². The number of hydrogen-bond donors (Lipinski definition) is 0. The van der Waals surface area contributed by atoms with Crippen LogP contribution in [0.25, 0.3) is 0 Å². The second-order valence-electron chi connectivity index (χ2n) is 6.97. The minimum Gasteiger partial charge on any atom is -0.497 e. The summed E-state index contributed by atoms with van der Waals surface area (Å²) in [4.78, 5) is 0. The Kier molecular flexibility index (Phi) is 5.02. The van der Waals surface area contributed by atoms with Crippen molar-refractivity contribution in [3.63, 3.8) is 0 Å². The van der Waals surface area contributed by atoms with Crippen LogP contribution in [0.5, 0.6) is 5.75 Å². The van der Waals surface area contributed by atoms with Gasteiger partial charge in [-0.05, 0) is 49.1 Å². The Labute approximate surface area is 140 Å². The van der Waals surface area contributed by atoms with Crippen LogP contribution in [0.4, 0.5) is 0 Å². The molecule has 1 aliphatic rings. The van der Waals surface area contributed by atoms with Crippen molar-refractivity contribution in [1.29, 1.82) is 0 Å². The van der Waals surface area contributed by atoms with Gasteiger partial charge in [-0.25, -0.2) is 0 Å². The van der Waals surface area contributed by atoms with Gasteiger partial charge in [-0.15, -0.1) is 0 Å². The number of piperidine rings is 1. The van der Waals surface area contributed by atoms with Crippen molar-refractivity contribution >= 4 is 0 Å². The molecule has 1 aliphatic heterocycles. The van der Waals surface area contributed by atoms with Crippen molar-refractivity contribution < 1.29 is 9.22 Å². The fourth-order valence-corrected chi connectivity index (χ4v) is 3.91. The Morgan fingerprint density at radius 1 is 0.913 bits per heavy atom. The highest BCUT2D eigenvalue weighted by molar-refractivity contribution is 5.30. The van der Waals surface area contributed by atoms with Gasteiger partial charge in [0.25, 0.3) is 0 Å². The number of ether oxygens (including phenoxy) is 1. The third-order valence-electron chi connectivity index (χ3n) is 5.36. The molecule has 0 N–H and O–H groups in total. The number of methoxy groups -OCH3 is 1. The van der Waals surface area contributed by atoms with Crippen molar-refractivity contribution in [1.82, 2.24) is 0 Å². The lowest BCUT2D eigenvalue weighted by molar-refractivity contribution is -0.943. The Morgan fingerprint density at radius 3 is 2.17 bits per heavy atom. The molecule has 0 amide bonds. The molecule has 122 valence electrons. The van der Waals surface area contributed by atoms with E-state index in [0.29, 0.717) is 6.04 Å². The average molecular weight is 310 g/mol. The maximum atomic E-state index is 5.33. The van der Waals surface area contributed by atoms with E-state index in [9.17, 15) is 0 Å². The summed E-state index contributed by atoms with van der Waals surface area (Å²) in [5.74, 6) is 0.938. The third-order valence-corrected chi connectivity index (χ3v) is 5.36. The molecule has 0 saturated carbocycles. The molecular formula is C21H28NO+. The molecular weight excluding hydrogens is 282 g/mol. The van der Waals surface area contributed by atoms with E-state index in [2.05, 4.69) is 61.6 Å². The molecule has 0 spiro atoms. The van der Waals surface area contributed by atoms with Gasteiger partial charge in [0.15, 0.2) is 0 Å². The van der Waals surface area contributed by atoms with Gasteiger partial charge >= 0.3 is 0 Å². The first-order chi connectivity index (χ1) is 11.2. The number of benzene rings is 2. The zero-order chi connectivity index (χ0) is 16.1. The maximum absolute atomic E-state index is 5.33. The highest BCUT2D eigenvalue weighted by Crippen LogP contribution is 2.34. The van der Waals surface area contributed by atoms with Crippen LogP contribution in [-0.2, 0) is 6.42 Å². The number of likely N-dealkylation sites (tertiary alicyclic amines) is 1. The average Bonchev–Trinajstić information content (AvgIpc) is 2.61. The van der Waals surface area contributed by atoms with Crippen molar-refractivity contribution in [2.24, 2.45) is 0 Å². The van der Waals surface area contributed by atoms with Gasteiger partial charge in [-0.1, -0.05) is 30.3 Å². The van der Waals surface area contributed by atoms with Crippen molar-refractivity contribution in [3.05, 3.63) is 65.7 Å². The predicted molar refractivity (Wildman–Crippen MR) is 95.7 cm³/mol. The van der Waals surface area contributed by atoms with Gasteiger partial charge in [0.05, 0.1) is 27.2 Å². The molecule has 3 rings (SSSR count). The van der Waals surface area contributed by atoms with Gasteiger partial charge in [0, 0.05) is 12.0 Å². The standard InChI is InChI=1S/C21H28NO/c1-22(15-7-4-8-16-22)21(17-18-9-5-3-6-10-18)19-11-13-20(23-2)14-12-19/h3,5-6,9-14,21H,4,7-8,15-17H2,1-2H3/q+1. The summed E-state index contributed by atoms with van der Waals surface area (Å²) in [5.41, 5.74) is 2.86. The van der Waals surface area contributed by atoms with Crippen LogP contribution < -0.4 is 4.74 Å². The van der Waals surface area contributed by atoms with Crippen molar-refractivity contribution in [2.45, 2.75) is 31.7 Å². The van der Waals surface area contributed by atoms with Crippen molar-refractivity contribution in [2.75, 3.05) is 27.2 Å². The number of hydrogen-bond acceptors (Lipinski definition) is 1. The first-order valence-electron chi connectivity index (χ1n) is 8.73. The molecule has 1 fully saturated rings. The van der Waals surface area contributed by atoms with Crippen LogP contribution in [0.2, 0.25) is 0 Å². The summed E-state index contributed by atoms with van der Waals surface area (Å²) in [7, 11) is 4.17. The van der Waals surface area contributed by atoms with E-state index in [1.165, 1.54) is 43.5 Å². The molecule has 0 radical (unpaired) electrons. The largest absolute Gasteiger partial charge is 0.497 e. The lowest BCUT2D eigenvalue weighted by Gasteiger charge is -2.44. The topological polar surface area (TPSA) is 9.23 Å². The third kappa shape index (κ3) is 3.76. The van der Waals surface area contributed by atoms with Gasteiger partial charge in [-0.2, -0.15) is 0 Å². The van der Waals surface area contributed by atoms with Crippen LogP contribution >= 0.6 is 0 Å². The van der Waals surface area contributed by atoms with E-state index < -0.39 is 0 Å². The van der Waals surface area contributed by atoms with Gasteiger partial charge in [0.2, 0.25) is 0 Å². The summed E-state index contributed by atoms with van der Waals surface area (Å²) < 4.78 is 6.49. The molecule has 1 unspecified atom stereocenters. The zero-order valence-corrected chi connectivity index (χ0v) is 14.4. The van der Waals surface area contributed by atoms with Crippen molar-refractivity contribution in [3.8, 4) is 5.75 Å². The molecule has 0 aliphatic carbocycles. The number of quaternary nitrogens is 1. The minimum atomic E-state index is 0.517. The summed E-state index contributed by atoms with van der Waals surface area (Å²) >= 11 is 0. The number of rotatable bonds is 5. The quantitative estimate of drug-likeness (QED) is 0.733. The smallest absolute Gasteiger partial charge is 0.119 e. The van der Waals surface area contributed by atoms with Gasteiger partial charge < -0.3 is 9.22 Å². The maximum Gasteiger partial charge on any atom is 0.119 e. The zero-order valence-electron chi connectivity index (χ0n) is 14.4. The molecule has 1 atom stereocenters. The molecule has 0 bridgehead atoms. The highest BCUT2D eigenvalue weighted by atomic mass is 16.5. The predicted octanol–water partition coefficient (Wildman–Crippen LogP) is 4.61. The molecule has 0 aromatic heterocycles. The van der Waals surface area contributed by atoms with Gasteiger partial charge in [-0.3, -0.25) is 0 Å². The summed E-state index contributed by atoms with van der Waals surface area (Å²) in [6.45, 7) is 2.56. The normalized spacial score (nSPS) is 18.3. The molecule has 23 heavy (non-hydrogen) atoms. The molecule has 2 nitrogen and oxygen atoms in total. The SMILES string of the molecule is COc1ccc(C(Cc2ccccc2)[N+]2(C)CCCCC2)cc1. The molecule has 2 heteroatoms. The summed E-state index contributed by atoms with van der Waals surface area (Å²) in [6, 6.07) is 20.1. The van der Waals surface area contributed by atoms with E-state index in [1.807, 2.05) is 0 Å². The van der Waals surface area contributed by atoms with Crippen LogP contribution in [0.3, 0.4) is 0 Å². The van der Waals surface area contributed by atoms with E-state index in [4.69, 9.17) is 4.74 Å². The minimum absolute atomic E-state index is 0.517. The fraction of sp³-hybridized carbons (Fsp3) is 0.429. The van der Waals surface area contributed by atoms with Crippen LogP contribution in [0, 0.1) is 0 Å². The fourth-order valence-electron chi connectivity index (χ4n) is 3.91. The Balaban J connectivity index is 1.91. The Morgan fingerprint density at radius 2 is 1.57 bits per heavy atom. The van der Waals surface area contributed by atoms with Gasteiger partial charge in [0.1, 0.15) is 11.8 Å². The first kappa shape index (κ1) is 16.1. The molecule has 1 saturated heterocycles. The molecule has 2 aromatic rings. The monoisotopic (exact) mass is 310 g/mol. The first-order valence-corrected chi connectivity index (χ1v) is 8.73. The van der Waals surface area contributed by atoms with E-state index in [0.717, 1.165) is 16.7 Å².